The Balaban J connectivity index is -0.00000410. The molecule has 0 saturated carbocycles. The molecule has 0 radical (unpaired) electrons. The summed E-state index contributed by atoms with van der Waals surface area (Å²) in [6, 6.07) is -1.88. The molecule has 4 atom stereocenters. The van der Waals surface area contributed by atoms with Gasteiger partial charge in [-0.15, -0.1) is 12.6 Å². The van der Waals surface area contributed by atoms with Crippen LogP contribution in [0.15, 0.2) is 0 Å². The van der Waals surface area contributed by atoms with E-state index in [9.17, 15) is 43.5 Å². The molecular formula is C49H94IN6O15PS2. The molecule has 0 aromatic rings. The second-order valence-corrected chi connectivity index (χ2v) is 19.2. The minimum absolute atomic E-state index is 0.0276. The van der Waals surface area contributed by atoms with Crippen molar-refractivity contribution in [3.8, 4) is 0 Å². The monoisotopic (exact) mass is 1230 g/mol. The lowest BCUT2D eigenvalue weighted by atomic mass is 10.0. The average Bonchev–Trinajstić information content (AvgIpc) is 3.37. The first kappa shape index (κ1) is 75.8. The van der Waals surface area contributed by atoms with E-state index in [1.165, 1.54) is 57.8 Å². The molecule has 9 N–H and O–H groups in total. The van der Waals surface area contributed by atoms with Gasteiger partial charge in [0.25, 0.3) is 0 Å². The van der Waals surface area contributed by atoms with Crippen LogP contribution in [0.1, 0.15) is 162 Å². The molecule has 0 bridgehead atoms. The molecule has 74 heavy (non-hydrogen) atoms. The Morgan fingerprint density at radius 2 is 0.919 bits per heavy atom. The number of halogens is 1. The fourth-order valence-corrected chi connectivity index (χ4v) is 8.82. The van der Waals surface area contributed by atoms with Crippen LogP contribution in [-0.4, -0.2) is 165 Å². The maximum Gasteiger partial charge on any atom is 0.326 e. The van der Waals surface area contributed by atoms with Gasteiger partial charge in [-0.1, -0.05) is 113 Å². The van der Waals surface area contributed by atoms with Crippen molar-refractivity contribution in [1.82, 2.24) is 29.9 Å². The third-order valence-electron chi connectivity index (χ3n) is 10.7. The zero-order valence-electron chi connectivity index (χ0n) is 44.5. The first-order valence-electron chi connectivity index (χ1n) is 26.3. The van der Waals surface area contributed by atoms with E-state index >= 15 is 0 Å². The van der Waals surface area contributed by atoms with E-state index < -0.39 is 30.0 Å². The van der Waals surface area contributed by atoms with Crippen LogP contribution in [0.3, 0.4) is 0 Å². The van der Waals surface area contributed by atoms with Crippen LogP contribution in [0.25, 0.3) is 0 Å². The number of aliphatic carboxylic acids is 3. The number of amides is 4. The largest absolute Gasteiger partial charge is 0.481 e. The van der Waals surface area contributed by atoms with Crippen molar-refractivity contribution in [2.24, 2.45) is 0 Å². The highest BCUT2D eigenvalue weighted by Crippen LogP contribution is 2.15. The Kier molecular flexibility index (Phi) is 59.7. The molecule has 0 saturated heterocycles. The van der Waals surface area contributed by atoms with E-state index in [2.05, 4.69) is 51.9 Å². The summed E-state index contributed by atoms with van der Waals surface area (Å²) in [5.74, 6) is -3.31. The van der Waals surface area contributed by atoms with Gasteiger partial charge in [-0.3, -0.25) is 38.6 Å². The van der Waals surface area contributed by atoms with Gasteiger partial charge in [0.1, 0.15) is 25.3 Å². The Labute approximate surface area is 467 Å². The standard InChI is InChI=1S/C43H80N5O14P.C4H8INOS2.C2H6/c49-37(23-22-35(42(55)56)47-38(50)20-15-13-11-9-7-5-3-1-2-4-6-8-10-12-14-16-21-41(53)54)45-25-27-59-29-32-62-34-40(52)46-26-28-60-30-31-61-33-39(51)44-24-18-17-19-36(48-63)43(57)58;1-9-2-3(6-5)4(7)8;1-2/h35-36,48H,1-34,63H2,(H,44,51)(H,45,49)(H,46,52)(H,47,50)(H,53,54)(H,55,56)(H,57,58);3,6H,2H2,1H3,(H,7,8);1-2H3/t35-,36-;3-;/m00./s1. The predicted molar refractivity (Wildman–Crippen MR) is 305 cm³/mol. The molecule has 0 aliphatic rings. The van der Waals surface area contributed by atoms with Crippen LogP contribution in [-0.2, 0) is 57.3 Å². The van der Waals surface area contributed by atoms with Crippen LogP contribution >= 0.6 is 56.6 Å². The van der Waals surface area contributed by atoms with Crippen molar-refractivity contribution in [2.45, 2.75) is 180 Å². The molecule has 0 heterocycles. The summed E-state index contributed by atoms with van der Waals surface area (Å²) < 4.78 is 24.1. The molecule has 1 unspecified atom stereocenters. The lowest BCUT2D eigenvalue weighted by molar-refractivity contribution is -0.142. The first-order chi connectivity index (χ1) is 35.7. The van der Waals surface area contributed by atoms with Crippen LogP contribution in [0.2, 0.25) is 0 Å². The van der Waals surface area contributed by atoms with Crippen molar-refractivity contribution in [3.05, 3.63) is 0 Å². The lowest BCUT2D eigenvalue weighted by Gasteiger charge is -2.14. The van der Waals surface area contributed by atoms with Crippen molar-refractivity contribution >= 4 is 103 Å². The van der Waals surface area contributed by atoms with Crippen LogP contribution < -0.4 is 29.9 Å². The number of hydrogen-bond donors (Lipinski definition) is 10. The number of carbonyl (C=O) groups excluding carboxylic acids is 5. The number of unbranched alkanes of at least 4 members (excludes halogenated alkanes) is 16. The minimum atomic E-state index is -1.18. The number of ether oxygens (including phenoxy) is 4. The smallest absolute Gasteiger partial charge is 0.326 e. The van der Waals surface area contributed by atoms with E-state index in [-0.39, 0.29) is 126 Å². The summed E-state index contributed by atoms with van der Waals surface area (Å²) in [4.78, 5) is 91.9. The Morgan fingerprint density at radius 3 is 1.31 bits per heavy atom. The summed E-state index contributed by atoms with van der Waals surface area (Å²) in [5.41, 5.74) is 0. The molecule has 25 heteroatoms. The van der Waals surface area contributed by atoms with Crippen molar-refractivity contribution in [3.63, 3.8) is 0 Å². The first-order valence-corrected chi connectivity index (χ1v) is 29.8. The highest BCUT2D eigenvalue weighted by Gasteiger charge is 2.21. The van der Waals surface area contributed by atoms with Gasteiger partial charge in [0.2, 0.25) is 28.7 Å². The fraction of sp³-hybridized carbons (Fsp3) is 0.837. The third-order valence-corrected chi connectivity index (χ3v) is 12.8. The molecule has 4 amide bonds. The zero-order chi connectivity index (χ0) is 55.9. The maximum atomic E-state index is 12.3. The van der Waals surface area contributed by atoms with E-state index in [1.54, 1.807) is 11.8 Å². The Hall–Kier alpha value is -2.42. The molecule has 0 rings (SSSR count). The highest BCUT2D eigenvalue weighted by molar-refractivity contribution is 14.1. The molecule has 0 aromatic carbocycles. The predicted octanol–water partition coefficient (Wildman–Crippen LogP) is 6.00. The van der Waals surface area contributed by atoms with E-state index in [4.69, 9.17) is 29.2 Å². The summed E-state index contributed by atoms with van der Waals surface area (Å²) in [6.45, 7) is 5.85. The molecule has 0 aliphatic carbocycles. The second-order valence-electron chi connectivity index (χ2n) is 16.9. The van der Waals surface area contributed by atoms with E-state index in [1.807, 2.05) is 43.0 Å². The normalized spacial score (nSPS) is 11.9. The van der Waals surface area contributed by atoms with Gasteiger partial charge in [-0.25, -0.2) is 8.32 Å². The van der Waals surface area contributed by atoms with Gasteiger partial charge < -0.3 is 55.5 Å². The summed E-state index contributed by atoms with van der Waals surface area (Å²) in [7, 11) is 2.19. The van der Waals surface area contributed by atoms with Gasteiger partial charge in [-0.05, 0) is 44.8 Å². The third kappa shape index (κ3) is 55.8. The Bertz CT molecular complexity index is 1450. The molecule has 0 aromatic heterocycles. The number of carboxylic acid groups (broad SMARTS) is 3. The molecule has 434 valence electrons. The molecule has 0 spiro atoms. The number of hydrogen-bond acceptors (Lipinski definition) is 15. The van der Waals surface area contributed by atoms with Gasteiger partial charge in [0.15, 0.2) is 0 Å². The average molecular weight is 1230 g/mol. The molecular weight excluding hydrogens is 1130 g/mol. The van der Waals surface area contributed by atoms with Crippen LogP contribution in [0.4, 0.5) is 0 Å². The second kappa shape index (κ2) is 58.3. The van der Waals surface area contributed by atoms with Crippen molar-refractivity contribution < 1.29 is 72.6 Å². The topological polar surface area (TPSA) is 306 Å². The molecule has 0 fully saturated rings. The number of carboxylic acids is 3. The highest BCUT2D eigenvalue weighted by atomic mass is 127. The van der Waals surface area contributed by atoms with Gasteiger partial charge in [0.05, 0.1) is 45.7 Å². The van der Waals surface area contributed by atoms with E-state index in [0.717, 1.165) is 44.3 Å². The number of rotatable bonds is 51. The summed E-state index contributed by atoms with van der Waals surface area (Å²) in [5, 5.41) is 40.2. The van der Waals surface area contributed by atoms with Crippen LogP contribution in [0.5, 0.6) is 0 Å². The van der Waals surface area contributed by atoms with Gasteiger partial charge in [0, 0.05) is 67.5 Å². The fourth-order valence-electron chi connectivity index (χ4n) is 6.62. The maximum absolute atomic E-state index is 12.3. The van der Waals surface area contributed by atoms with Gasteiger partial charge in [-0.2, -0.15) is 11.8 Å². The zero-order valence-corrected chi connectivity index (χ0v) is 49.6. The molecule has 0 aliphatic heterocycles. The number of carbonyl (C=O) groups is 8. The minimum Gasteiger partial charge on any atom is -0.481 e. The Morgan fingerprint density at radius 1 is 0.500 bits per heavy atom. The number of thioether (sulfide) groups is 1. The van der Waals surface area contributed by atoms with Crippen LogP contribution in [0, 0.1) is 0 Å². The molecule has 21 nitrogen and oxygen atoms in total. The van der Waals surface area contributed by atoms with Gasteiger partial charge >= 0.3 is 17.9 Å². The van der Waals surface area contributed by atoms with Crippen molar-refractivity contribution in [2.75, 3.05) is 84.5 Å². The SMILES string of the molecule is CC.CSC[C@H](NI)C(=O)S.O=C(O)CCCCCCCCCCCCCCCCCCC(=O)N[C@@H](CCC(=O)NCCOCCOCC(=O)NCCOCCOCC(=O)NCCCC[C@H](NP)C(=O)O)C(=O)O. The lowest BCUT2D eigenvalue weighted by Crippen LogP contribution is -2.41. The summed E-state index contributed by atoms with van der Waals surface area (Å²) >= 11 is 7.27. The summed E-state index contributed by atoms with van der Waals surface area (Å²) in [6.07, 6.45) is 22.0. The number of thiol groups is 1. The quantitative estimate of drug-likeness (QED) is 0.0110. The van der Waals surface area contributed by atoms with Crippen molar-refractivity contribution in [1.29, 1.82) is 0 Å². The van der Waals surface area contributed by atoms with E-state index in [0.29, 0.717) is 32.2 Å². The number of nitrogens with one attached hydrogen (secondary N) is 6.